The fourth-order valence-electron chi connectivity index (χ4n) is 2.20. The quantitative estimate of drug-likeness (QED) is 0.689. The Balaban J connectivity index is 1.97. The van der Waals surface area contributed by atoms with Crippen molar-refractivity contribution < 1.29 is 0 Å². The first-order chi connectivity index (χ1) is 10.7. The van der Waals surface area contributed by atoms with Gasteiger partial charge < -0.3 is 0 Å². The maximum atomic E-state index is 9.44. The van der Waals surface area contributed by atoms with E-state index in [9.17, 15) is 5.26 Å². The molecule has 0 aliphatic rings. The molecule has 1 aromatic carbocycles. The first-order valence-corrected chi connectivity index (χ1v) is 7.68. The van der Waals surface area contributed by atoms with E-state index < -0.39 is 0 Å². The summed E-state index contributed by atoms with van der Waals surface area (Å²) in [4.78, 5) is 4.58. The molecule has 108 valence electrons. The molecule has 0 saturated carbocycles. The van der Waals surface area contributed by atoms with E-state index >= 15 is 0 Å². The fraction of sp³-hybridized carbons (Fsp3) is 0.118. The summed E-state index contributed by atoms with van der Waals surface area (Å²) in [7, 11) is 1.87. The number of hydrogen-bond donors (Lipinski definition) is 0. The lowest BCUT2D eigenvalue weighted by molar-refractivity contribution is 0.756. The average molecular weight is 306 g/mol. The van der Waals surface area contributed by atoms with Crippen LogP contribution < -0.4 is 0 Å². The Bertz CT molecular complexity index is 866. The Labute approximate surface area is 133 Å². The van der Waals surface area contributed by atoms with E-state index in [1.54, 1.807) is 4.68 Å². The van der Waals surface area contributed by atoms with Gasteiger partial charge in [-0.25, -0.2) is 4.98 Å². The van der Waals surface area contributed by atoms with Crippen LogP contribution in [-0.2, 0) is 7.05 Å². The molecular weight excluding hydrogens is 292 g/mol. The molecule has 0 aliphatic carbocycles. The topological polar surface area (TPSA) is 54.5 Å². The molecule has 2 aromatic heterocycles. The van der Waals surface area contributed by atoms with Gasteiger partial charge in [-0.2, -0.15) is 10.4 Å². The van der Waals surface area contributed by atoms with Gasteiger partial charge in [0.2, 0.25) is 0 Å². The van der Waals surface area contributed by atoms with E-state index in [-0.39, 0.29) is 0 Å². The summed E-state index contributed by atoms with van der Waals surface area (Å²) in [5.74, 6) is 0. The fourth-order valence-corrected chi connectivity index (χ4v) is 2.99. The number of hydrogen-bond acceptors (Lipinski definition) is 4. The van der Waals surface area contributed by atoms with Crippen molar-refractivity contribution in [1.82, 2.24) is 14.8 Å². The SMILES string of the molecule is Cc1nn(C)cc1/C=C(/C#N)c1nc(-c2ccccc2)cs1. The summed E-state index contributed by atoms with van der Waals surface area (Å²) in [6.45, 7) is 1.93. The third-order valence-corrected chi connectivity index (χ3v) is 4.15. The van der Waals surface area contributed by atoms with Crippen molar-refractivity contribution in [2.24, 2.45) is 7.05 Å². The standard InChI is InChI=1S/C17H14N4S/c1-12-15(10-21(2)20-12)8-14(9-18)17-19-16(11-22-17)13-6-4-3-5-7-13/h3-8,10-11H,1-2H3/b14-8-. The van der Waals surface area contributed by atoms with Gasteiger partial charge in [-0.05, 0) is 13.0 Å². The normalized spacial score (nSPS) is 11.4. The van der Waals surface area contributed by atoms with Gasteiger partial charge in [0.05, 0.1) is 17.0 Å². The van der Waals surface area contributed by atoms with Crippen molar-refractivity contribution in [2.75, 3.05) is 0 Å². The van der Waals surface area contributed by atoms with Crippen molar-refractivity contribution in [3.05, 3.63) is 58.2 Å². The van der Waals surface area contributed by atoms with E-state index in [1.807, 2.05) is 62.0 Å². The third-order valence-electron chi connectivity index (χ3n) is 3.28. The minimum atomic E-state index is 0.559. The van der Waals surface area contributed by atoms with Gasteiger partial charge >= 0.3 is 0 Å². The van der Waals surface area contributed by atoms with Crippen LogP contribution in [0.25, 0.3) is 22.9 Å². The van der Waals surface area contributed by atoms with Crippen molar-refractivity contribution in [1.29, 1.82) is 5.26 Å². The Morgan fingerprint density at radius 1 is 1.32 bits per heavy atom. The minimum Gasteiger partial charge on any atom is -0.275 e. The zero-order valence-corrected chi connectivity index (χ0v) is 13.1. The molecule has 0 bridgehead atoms. The highest BCUT2D eigenvalue weighted by atomic mass is 32.1. The highest BCUT2D eigenvalue weighted by Crippen LogP contribution is 2.27. The molecule has 0 fully saturated rings. The smallest absolute Gasteiger partial charge is 0.134 e. The van der Waals surface area contributed by atoms with Gasteiger partial charge in [-0.1, -0.05) is 30.3 Å². The highest BCUT2D eigenvalue weighted by Gasteiger charge is 2.10. The summed E-state index contributed by atoms with van der Waals surface area (Å²) >= 11 is 1.48. The molecule has 0 atom stereocenters. The van der Waals surface area contributed by atoms with E-state index in [0.29, 0.717) is 5.57 Å². The molecule has 3 rings (SSSR count). The summed E-state index contributed by atoms with van der Waals surface area (Å²) in [6, 6.07) is 12.2. The van der Waals surface area contributed by atoms with Gasteiger partial charge in [0, 0.05) is 29.8 Å². The molecule has 3 aromatic rings. The number of aromatic nitrogens is 3. The second-order valence-corrected chi connectivity index (χ2v) is 5.78. The van der Waals surface area contributed by atoms with Crippen molar-refractivity contribution >= 4 is 23.0 Å². The lowest BCUT2D eigenvalue weighted by atomic mass is 10.1. The Kier molecular flexibility index (Phi) is 3.86. The van der Waals surface area contributed by atoms with Gasteiger partial charge in [-0.3, -0.25) is 4.68 Å². The summed E-state index contributed by atoms with van der Waals surface area (Å²) < 4.78 is 1.74. The van der Waals surface area contributed by atoms with Gasteiger partial charge in [-0.15, -0.1) is 11.3 Å². The number of benzene rings is 1. The van der Waals surface area contributed by atoms with E-state index in [2.05, 4.69) is 16.2 Å². The number of aryl methyl sites for hydroxylation is 2. The van der Waals surface area contributed by atoms with Crippen LogP contribution in [0.3, 0.4) is 0 Å². The molecular formula is C17H14N4S. The summed E-state index contributed by atoms with van der Waals surface area (Å²) in [5.41, 5.74) is 4.35. The van der Waals surface area contributed by atoms with Crippen LogP contribution in [0.4, 0.5) is 0 Å². The minimum absolute atomic E-state index is 0.559. The largest absolute Gasteiger partial charge is 0.275 e. The molecule has 0 saturated heterocycles. The monoisotopic (exact) mass is 306 g/mol. The Morgan fingerprint density at radius 3 is 2.73 bits per heavy atom. The van der Waals surface area contributed by atoms with Crippen LogP contribution in [0.2, 0.25) is 0 Å². The predicted molar refractivity (Wildman–Crippen MR) is 89.0 cm³/mol. The number of rotatable bonds is 3. The van der Waals surface area contributed by atoms with E-state index in [0.717, 1.165) is 27.5 Å². The first-order valence-electron chi connectivity index (χ1n) is 6.81. The number of allylic oxidation sites excluding steroid dienone is 1. The van der Waals surface area contributed by atoms with Crippen LogP contribution in [0.15, 0.2) is 41.9 Å². The lowest BCUT2D eigenvalue weighted by Crippen LogP contribution is -1.86. The molecule has 0 amide bonds. The predicted octanol–water partition coefficient (Wildman–Crippen LogP) is 3.92. The molecule has 4 nitrogen and oxygen atoms in total. The van der Waals surface area contributed by atoms with Gasteiger partial charge in [0.1, 0.15) is 11.1 Å². The first kappa shape index (κ1) is 14.2. The zero-order chi connectivity index (χ0) is 15.5. The Morgan fingerprint density at radius 2 is 2.09 bits per heavy atom. The van der Waals surface area contributed by atoms with Crippen LogP contribution in [-0.4, -0.2) is 14.8 Å². The number of thiazole rings is 1. The molecule has 0 unspecified atom stereocenters. The molecule has 2 heterocycles. The highest BCUT2D eigenvalue weighted by molar-refractivity contribution is 7.11. The van der Waals surface area contributed by atoms with Gasteiger partial charge in [0.25, 0.3) is 0 Å². The molecule has 0 radical (unpaired) electrons. The number of nitriles is 1. The summed E-state index contributed by atoms with van der Waals surface area (Å²) in [5, 5.41) is 16.4. The van der Waals surface area contributed by atoms with Gasteiger partial charge in [0.15, 0.2) is 0 Å². The molecule has 0 spiro atoms. The van der Waals surface area contributed by atoms with Crippen molar-refractivity contribution in [3.63, 3.8) is 0 Å². The third kappa shape index (κ3) is 2.83. The average Bonchev–Trinajstić information content (AvgIpc) is 3.12. The molecule has 5 heteroatoms. The lowest BCUT2D eigenvalue weighted by Gasteiger charge is -1.95. The van der Waals surface area contributed by atoms with E-state index in [4.69, 9.17) is 0 Å². The van der Waals surface area contributed by atoms with Crippen LogP contribution >= 0.6 is 11.3 Å². The molecule has 0 aliphatic heterocycles. The van der Waals surface area contributed by atoms with Crippen molar-refractivity contribution in [3.8, 4) is 17.3 Å². The van der Waals surface area contributed by atoms with Crippen LogP contribution in [0.1, 0.15) is 16.3 Å². The zero-order valence-electron chi connectivity index (χ0n) is 12.3. The molecule has 22 heavy (non-hydrogen) atoms. The second kappa shape index (κ2) is 5.96. The summed E-state index contributed by atoms with van der Waals surface area (Å²) in [6.07, 6.45) is 3.74. The number of nitrogens with zero attached hydrogens (tertiary/aromatic N) is 4. The van der Waals surface area contributed by atoms with Crippen molar-refractivity contribution in [2.45, 2.75) is 6.92 Å². The second-order valence-electron chi connectivity index (χ2n) is 4.92. The maximum Gasteiger partial charge on any atom is 0.134 e. The Hall–Kier alpha value is -2.71. The van der Waals surface area contributed by atoms with E-state index in [1.165, 1.54) is 11.3 Å². The van der Waals surface area contributed by atoms with Crippen LogP contribution in [0, 0.1) is 18.3 Å². The maximum absolute atomic E-state index is 9.44. The molecule has 0 N–H and O–H groups in total. The van der Waals surface area contributed by atoms with Crippen LogP contribution in [0.5, 0.6) is 0 Å².